The van der Waals surface area contributed by atoms with Gasteiger partial charge in [0, 0.05) is 17.8 Å². The second-order valence-corrected chi connectivity index (χ2v) is 3.94. The quantitative estimate of drug-likeness (QED) is 0.514. The Morgan fingerprint density at radius 1 is 1.32 bits per heavy atom. The lowest BCUT2D eigenvalue weighted by Gasteiger charge is -2.30. The maximum atomic E-state index is 11.6. The number of amides is 1. The fourth-order valence-corrected chi connectivity index (χ4v) is 1.35. The van der Waals surface area contributed by atoms with E-state index in [0.717, 1.165) is 12.2 Å². The van der Waals surface area contributed by atoms with E-state index in [9.17, 15) is 14.4 Å². The number of methoxy groups -OCH3 is 1. The summed E-state index contributed by atoms with van der Waals surface area (Å²) in [6.45, 7) is 5.37. The first-order valence-electron chi connectivity index (χ1n) is 5.62. The second-order valence-electron chi connectivity index (χ2n) is 3.94. The molecule has 1 aliphatic rings. The van der Waals surface area contributed by atoms with Crippen LogP contribution in [0.5, 0.6) is 0 Å². The van der Waals surface area contributed by atoms with E-state index in [1.54, 1.807) is 6.92 Å². The van der Waals surface area contributed by atoms with E-state index >= 15 is 0 Å². The molecule has 0 bridgehead atoms. The van der Waals surface area contributed by atoms with E-state index in [0.29, 0.717) is 5.70 Å². The van der Waals surface area contributed by atoms with Gasteiger partial charge in [0.15, 0.2) is 0 Å². The smallest absolute Gasteiger partial charge is 0.331 e. The molecule has 0 spiro atoms. The molecule has 1 saturated heterocycles. The average Bonchev–Trinajstić information content (AvgIpc) is 2.38. The van der Waals surface area contributed by atoms with E-state index in [-0.39, 0.29) is 18.6 Å². The van der Waals surface area contributed by atoms with E-state index in [4.69, 9.17) is 4.74 Å². The zero-order valence-electron chi connectivity index (χ0n) is 10.8. The van der Waals surface area contributed by atoms with Crippen LogP contribution in [0.1, 0.15) is 6.92 Å². The third-order valence-corrected chi connectivity index (χ3v) is 2.51. The molecule has 7 nitrogen and oxygen atoms in total. The summed E-state index contributed by atoms with van der Waals surface area (Å²) >= 11 is 0. The number of esters is 2. The highest BCUT2D eigenvalue weighted by Gasteiger charge is 2.28. The number of ether oxygens (including phenoxy) is 2. The molecule has 2 atom stereocenters. The Morgan fingerprint density at radius 2 is 1.95 bits per heavy atom. The predicted molar refractivity (Wildman–Crippen MR) is 65.8 cm³/mol. The maximum Gasteiger partial charge on any atom is 0.331 e. The summed E-state index contributed by atoms with van der Waals surface area (Å²) in [4.78, 5) is 33.6. The Balaban J connectivity index is 2.42. The molecule has 19 heavy (non-hydrogen) atoms. The van der Waals surface area contributed by atoms with Crippen LogP contribution in [0.4, 0.5) is 0 Å². The van der Waals surface area contributed by atoms with Crippen molar-refractivity contribution in [1.82, 2.24) is 10.6 Å². The highest BCUT2D eigenvalue weighted by molar-refractivity contribution is 5.92. The molecule has 0 unspecified atom stereocenters. The van der Waals surface area contributed by atoms with E-state index in [1.807, 2.05) is 0 Å². The molecule has 1 heterocycles. The Kier molecular flexibility index (Phi) is 5.11. The number of rotatable bonds is 4. The first-order valence-corrected chi connectivity index (χ1v) is 5.62. The number of hydrogen-bond donors (Lipinski definition) is 2. The highest BCUT2D eigenvalue weighted by Crippen LogP contribution is 2.05. The van der Waals surface area contributed by atoms with Crippen molar-refractivity contribution in [3.05, 3.63) is 24.4 Å². The molecule has 0 saturated carbocycles. The van der Waals surface area contributed by atoms with Crippen LogP contribution in [0.2, 0.25) is 0 Å². The van der Waals surface area contributed by atoms with Crippen molar-refractivity contribution in [2.75, 3.05) is 13.7 Å². The summed E-state index contributed by atoms with van der Waals surface area (Å²) in [5, 5.41) is 5.53. The zero-order valence-corrected chi connectivity index (χ0v) is 10.8. The van der Waals surface area contributed by atoms with Gasteiger partial charge in [0.1, 0.15) is 12.6 Å². The minimum atomic E-state index is -0.732. The van der Waals surface area contributed by atoms with Crippen molar-refractivity contribution in [2.45, 2.75) is 19.0 Å². The van der Waals surface area contributed by atoms with Crippen molar-refractivity contribution < 1.29 is 23.9 Å². The Labute approximate surface area is 110 Å². The molecule has 1 fully saturated rings. The summed E-state index contributed by atoms with van der Waals surface area (Å²) < 4.78 is 9.15. The van der Waals surface area contributed by atoms with Gasteiger partial charge in [-0.3, -0.25) is 4.79 Å². The average molecular weight is 268 g/mol. The largest absolute Gasteiger partial charge is 0.466 e. The lowest BCUT2D eigenvalue weighted by atomic mass is 10.1. The fraction of sp³-hybridized carbons (Fsp3) is 0.417. The lowest BCUT2D eigenvalue weighted by molar-refractivity contribution is -0.141. The first kappa shape index (κ1) is 14.7. The van der Waals surface area contributed by atoms with Crippen LogP contribution >= 0.6 is 0 Å². The van der Waals surface area contributed by atoms with Crippen LogP contribution in [0.25, 0.3) is 0 Å². The maximum absolute atomic E-state index is 11.6. The van der Waals surface area contributed by atoms with Crippen LogP contribution in [0, 0.1) is 0 Å². The molecule has 1 rings (SSSR count). The van der Waals surface area contributed by atoms with Crippen LogP contribution in [0.15, 0.2) is 24.4 Å². The number of hydrogen-bond acceptors (Lipinski definition) is 6. The number of nitrogens with one attached hydrogen (secondary N) is 2. The lowest BCUT2D eigenvalue weighted by Crippen LogP contribution is -2.57. The molecular weight excluding hydrogens is 252 g/mol. The Morgan fingerprint density at radius 3 is 2.58 bits per heavy atom. The van der Waals surface area contributed by atoms with E-state index < -0.39 is 18.0 Å². The number of piperazine rings is 1. The molecular formula is C12H16N2O5. The normalized spacial score (nSPS) is 22.6. The van der Waals surface area contributed by atoms with Crippen LogP contribution < -0.4 is 10.6 Å². The van der Waals surface area contributed by atoms with Crippen molar-refractivity contribution in [1.29, 1.82) is 0 Å². The molecule has 2 N–H and O–H groups in total. The molecule has 1 aliphatic heterocycles. The van der Waals surface area contributed by atoms with Crippen molar-refractivity contribution in [3.63, 3.8) is 0 Å². The Hall–Kier alpha value is -2.31. The van der Waals surface area contributed by atoms with Gasteiger partial charge in [0.05, 0.1) is 13.2 Å². The molecule has 7 heteroatoms. The summed E-state index contributed by atoms with van der Waals surface area (Å²) in [7, 11) is 1.20. The summed E-state index contributed by atoms with van der Waals surface area (Å²) in [5.41, 5.74) is 0.644. The third-order valence-electron chi connectivity index (χ3n) is 2.51. The molecule has 0 radical (unpaired) electrons. The molecule has 0 aromatic carbocycles. The standard InChI is InChI=1S/C12H16N2O5/c1-7-8(2)14-12(17)9(13-7)6-19-11(16)5-4-10(15)18-3/h4-5,8-9,13H,1,6H2,2-3H3,(H,14,17)/b5-4+/t8-,9-/m0/s1. The van der Waals surface area contributed by atoms with E-state index in [1.165, 1.54) is 7.11 Å². The van der Waals surface area contributed by atoms with Gasteiger partial charge in [-0.2, -0.15) is 0 Å². The van der Waals surface area contributed by atoms with Gasteiger partial charge in [-0.25, -0.2) is 9.59 Å². The topological polar surface area (TPSA) is 93.7 Å². The molecule has 1 amide bonds. The Bertz CT molecular complexity index is 430. The summed E-state index contributed by atoms with van der Waals surface area (Å²) in [5.74, 6) is -1.67. The van der Waals surface area contributed by atoms with E-state index in [2.05, 4.69) is 21.9 Å². The summed E-state index contributed by atoms with van der Waals surface area (Å²) in [6.07, 6.45) is 1.88. The van der Waals surface area contributed by atoms with Crippen LogP contribution in [0.3, 0.4) is 0 Å². The van der Waals surface area contributed by atoms with Gasteiger partial charge >= 0.3 is 11.9 Å². The van der Waals surface area contributed by atoms with Gasteiger partial charge in [-0.1, -0.05) is 6.58 Å². The fourth-order valence-electron chi connectivity index (χ4n) is 1.35. The van der Waals surface area contributed by atoms with Crippen LogP contribution in [-0.4, -0.2) is 43.6 Å². The van der Waals surface area contributed by atoms with Gasteiger partial charge in [-0.05, 0) is 6.92 Å². The third kappa shape index (κ3) is 4.46. The highest BCUT2D eigenvalue weighted by atomic mass is 16.5. The van der Waals surface area contributed by atoms with Crippen LogP contribution in [-0.2, 0) is 23.9 Å². The zero-order chi connectivity index (χ0) is 14.4. The van der Waals surface area contributed by atoms with Gasteiger partial charge in [0.2, 0.25) is 5.91 Å². The van der Waals surface area contributed by atoms with Gasteiger partial charge in [0.25, 0.3) is 0 Å². The molecule has 0 aromatic heterocycles. The second kappa shape index (κ2) is 6.58. The number of carbonyl (C=O) groups excluding carboxylic acids is 3. The monoisotopic (exact) mass is 268 g/mol. The first-order chi connectivity index (χ1) is 8.93. The summed E-state index contributed by atoms with van der Waals surface area (Å²) in [6, 6.07) is -0.849. The van der Waals surface area contributed by atoms with Gasteiger partial charge < -0.3 is 20.1 Å². The molecule has 0 aromatic rings. The number of carbonyl (C=O) groups is 3. The van der Waals surface area contributed by atoms with Crippen molar-refractivity contribution >= 4 is 17.8 Å². The minimum Gasteiger partial charge on any atom is -0.466 e. The minimum absolute atomic E-state index is 0.151. The predicted octanol–water partition coefficient (Wildman–Crippen LogP) is -0.751. The van der Waals surface area contributed by atoms with Crippen molar-refractivity contribution in [3.8, 4) is 0 Å². The molecule has 0 aliphatic carbocycles. The molecule has 104 valence electrons. The SMILES string of the molecule is C=C1N[C@@H](COC(=O)/C=C/C(=O)OC)C(=O)N[C@H]1C. The van der Waals surface area contributed by atoms with Gasteiger partial charge in [-0.15, -0.1) is 0 Å². The van der Waals surface area contributed by atoms with Crippen molar-refractivity contribution in [2.24, 2.45) is 0 Å².